The average molecular weight is 371 g/mol. The molecular weight excluding hydrogens is 344 g/mol. The normalized spacial score (nSPS) is 20.8. The highest BCUT2D eigenvalue weighted by atomic mass is 32.2. The molecule has 1 aliphatic carbocycles. The summed E-state index contributed by atoms with van der Waals surface area (Å²) in [5, 5.41) is 9.79. The minimum atomic E-state index is 0.0895. The molecule has 1 aliphatic heterocycles. The Morgan fingerprint density at radius 3 is 2.65 bits per heavy atom. The molecule has 1 saturated carbocycles. The van der Waals surface area contributed by atoms with Crippen LogP contribution in [0.25, 0.3) is 0 Å². The van der Waals surface area contributed by atoms with Gasteiger partial charge in [-0.05, 0) is 31.2 Å². The lowest BCUT2D eigenvalue weighted by atomic mass is 10.1. The lowest BCUT2D eigenvalue weighted by Gasteiger charge is -2.26. The number of thioether (sulfide) groups is 1. The number of hydrogen-bond donors (Lipinski definition) is 0. The van der Waals surface area contributed by atoms with Crippen LogP contribution in [0.4, 0.5) is 0 Å². The number of amides is 1. The first kappa shape index (κ1) is 17.6. The lowest BCUT2D eigenvalue weighted by Crippen LogP contribution is -2.35. The van der Waals surface area contributed by atoms with Gasteiger partial charge in [0.25, 0.3) is 0 Å². The third kappa shape index (κ3) is 3.52. The molecule has 1 saturated heterocycles. The van der Waals surface area contributed by atoms with Crippen molar-refractivity contribution in [2.45, 2.75) is 55.5 Å². The Hall–Kier alpha value is -1.82. The summed E-state index contributed by atoms with van der Waals surface area (Å²) in [6.07, 6.45) is 6.55. The highest BCUT2D eigenvalue weighted by molar-refractivity contribution is 7.98. The summed E-state index contributed by atoms with van der Waals surface area (Å²) in [4.78, 5) is 15.0. The Bertz CT molecular complexity index is 754. The third-order valence-corrected chi connectivity index (χ3v) is 6.71. The molecule has 2 aromatic rings. The van der Waals surface area contributed by atoms with Crippen LogP contribution in [0, 0.1) is 5.92 Å². The van der Waals surface area contributed by atoms with Crippen molar-refractivity contribution in [1.82, 2.24) is 19.7 Å². The number of aromatic nitrogens is 3. The van der Waals surface area contributed by atoms with E-state index in [1.165, 1.54) is 18.4 Å². The summed E-state index contributed by atoms with van der Waals surface area (Å²) in [6, 6.07) is 10.5. The fraction of sp³-hybridized carbons (Fsp3) is 0.550. The van der Waals surface area contributed by atoms with Crippen LogP contribution in [0.2, 0.25) is 0 Å². The van der Waals surface area contributed by atoms with Gasteiger partial charge in [-0.25, -0.2) is 0 Å². The molecule has 2 fully saturated rings. The van der Waals surface area contributed by atoms with Gasteiger partial charge in [-0.3, -0.25) is 4.79 Å². The van der Waals surface area contributed by atoms with Crippen LogP contribution >= 0.6 is 11.8 Å². The predicted octanol–water partition coefficient (Wildman–Crippen LogP) is 3.96. The van der Waals surface area contributed by atoms with Crippen molar-refractivity contribution in [2.75, 3.05) is 6.54 Å². The Kier molecular flexibility index (Phi) is 5.29. The molecule has 0 N–H and O–H groups in total. The third-order valence-electron chi connectivity index (χ3n) is 5.62. The second-order valence-corrected chi connectivity index (χ2v) is 8.29. The average Bonchev–Trinajstić information content (AvgIpc) is 3.41. The molecule has 138 valence electrons. The molecule has 1 atom stereocenters. The molecule has 0 radical (unpaired) electrons. The molecule has 0 unspecified atom stereocenters. The molecule has 5 nitrogen and oxygen atoms in total. The van der Waals surface area contributed by atoms with Crippen LogP contribution in [0.5, 0.6) is 0 Å². The second kappa shape index (κ2) is 7.82. The lowest BCUT2D eigenvalue weighted by molar-refractivity contribution is -0.136. The SMILES string of the molecule is Cn1c(SCc2ccccc2)nnc1[C@H]1CCCN1C(=O)C1CCCC1. The minimum Gasteiger partial charge on any atom is -0.332 e. The Balaban J connectivity index is 1.47. The fourth-order valence-corrected chi connectivity index (χ4v) is 5.04. The van der Waals surface area contributed by atoms with E-state index in [2.05, 4.69) is 43.9 Å². The number of rotatable bonds is 5. The zero-order chi connectivity index (χ0) is 17.9. The number of carbonyl (C=O) groups is 1. The van der Waals surface area contributed by atoms with E-state index in [0.29, 0.717) is 5.91 Å². The number of hydrogen-bond acceptors (Lipinski definition) is 4. The Morgan fingerprint density at radius 1 is 1.12 bits per heavy atom. The van der Waals surface area contributed by atoms with E-state index in [0.717, 1.165) is 49.0 Å². The van der Waals surface area contributed by atoms with E-state index in [-0.39, 0.29) is 12.0 Å². The first-order chi connectivity index (χ1) is 12.7. The van der Waals surface area contributed by atoms with Crippen molar-refractivity contribution < 1.29 is 4.79 Å². The summed E-state index contributed by atoms with van der Waals surface area (Å²) < 4.78 is 2.08. The molecule has 0 spiro atoms. The fourth-order valence-electron chi connectivity index (χ4n) is 4.17. The van der Waals surface area contributed by atoms with Gasteiger partial charge in [0.2, 0.25) is 5.91 Å². The quantitative estimate of drug-likeness (QED) is 0.748. The maximum Gasteiger partial charge on any atom is 0.226 e. The van der Waals surface area contributed by atoms with Crippen molar-refractivity contribution >= 4 is 17.7 Å². The molecule has 6 heteroatoms. The zero-order valence-electron chi connectivity index (χ0n) is 15.3. The van der Waals surface area contributed by atoms with Crippen molar-refractivity contribution in [1.29, 1.82) is 0 Å². The van der Waals surface area contributed by atoms with Crippen molar-refractivity contribution in [3.05, 3.63) is 41.7 Å². The van der Waals surface area contributed by atoms with E-state index >= 15 is 0 Å². The molecule has 26 heavy (non-hydrogen) atoms. The molecule has 1 aromatic heterocycles. The number of likely N-dealkylation sites (tertiary alicyclic amines) is 1. The minimum absolute atomic E-state index is 0.0895. The van der Waals surface area contributed by atoms with Crippen LogP contribution in [0.15, 0.2) is 35.5 Å². The van der Waals surface area contributed by atoms with Crippen LogP contribution in [-0.2, 0) is 17.6 Å². The first-order valence-corrected chi connectivity index (χ1v) is 10.6. The van der Waals surface area contributed by atoms with Gasteiger partial charge >= 0.3 is 0 Å². The van der Waals surface area contributed by atoms with Gasteiger partial charge in [0.1, 0.15) is 0 Å². The van der Waals surface area contributed by atoms with Gasteiger partial charge in [-0.1, -0.05) is 54.9 Å². The number of nitrogens with zero attached hydrogens (tertiary/aromatic N) is 4. The molecule has 4 rings (SSSR count). The first-order valence-electron chi connectivity index (χ1n) is 9.60. The molecule has 1 aromatic carbocycles. The Morgan fingerprint density at radius 2 is 1.88 bits per heavy atom. The van der Waals surface area contributed by atoms with Gasteiger partial charge in [0.15, 0.2) is 11.0 Å². The van der Waals surface area contributed by atoms with Gasteiger partial charge in [-0.2, -0.15) is 0 Å². The highest BCUT2D eigenvalue weighted by Gasteiger charge is 2.37. The number of benzene rings is 1. The van der Waals surface area contributed by atoms with Gasteiger partial charge in [0, 0.05) is 25.3 Å². The molecule has 1 amide bonds. The standard InChI is InChI=1S/C20H26N4OS/c1-23-18(21-22-20(23)26-14-15-8-3-2-4-9-15)17-12-7-13-24(17)19(25)16-10-5-6-11-16/h2-4,8-9,16-17H,5-7,10-14H2,1H3/t17-/m1/s1. The van der Waals surface area contributed by atoms with Gasteiger partial charge in [0.05, 0.1) is 6.04 Å². The van der Waals surface area contributed by atoms with E-state index in [1.807, 2.05) is 13.1 Å². The summed E-state index contributed by atoms with van der Waals surface area (Å²) in [5.74, 6) is 2.38. The monoisotopic (exact) mass is 370 g/mol. The van der Waals surface area contributed by atoms with Crippen molar-refractivity contribution in [2.24, 2.45) is 13.0 Å². The van der Waals surface area contributed by atoms with Crippen LogP contribution < -0.4 is 0 Å². The van der Waals surface area contributed by atoms with Gasteiger partial charge in [-0.15, -0.1) is 10.2 Å². The number of carbonyl (C=O) groups excluding carboxylic acids is 1. The zero-order valence-corrected chi connectivity index (χ0v) is 16.1. The molecule has 2 heterocycles. The second-order valence-electron chi connectivity index (χ2n) is 7.35. The van der Waals surface area contributed by atoms with E-state index in [9.17, 15) is 4.79 Å². The summed E-state index contributed by atoms with van der Waals surface area (Å²) >= 11 is 1.70. The maximum absolute atomic E-state index is 12.9. The van der Waals surface area contributed by atoms with Crippen LogP contribution in [0.1, 0.15) is 56.0 Å². The maximum atomic E-state index is 12.9. The van der Waals surface area contributed by atoms with E-state index < -0.39 is 0 Å². The van der Waals surface area contributed by atoms with Crippen molar-refractivity contribution in [3.8, 4) is 0 Å². The van der Waals surface area contributed by atoms with Crippen LogP contribution in [0.3, 0.4) is 0 Å². The van der Waals surface area contributed by atoms with E-state index in [4.69, 9.17) is 0 Å². The summed E-state index contributed by atoms with van der Waals surface area (Å²) in [6.45, 7) is 0.860. The highest BCUT2D eigenvalue weighted by Crippen LogP contribution is 2.36. The van der Waals surface area contributed by atoms with Crippen molar-refractivity contribution in [3.63, 3.8) is 0 Å². The van der Waals surface area contributed by atoms with Crippen LogP contribution in [-0.4, -0.2) is 32.1 Å². The van der Waals surface area contributed by atoms with Gasteiger partial charge < -0.3 is 9.47 Å². The molecular formula is C20H26N4OS. The summed E-state index contributed by atoms with van der Waals surface area (Å²) in [7, 11) is 2.03. The summed E-state index contributed by atoms with van der Waals surface area (Å²) in [5.41, 5.74) is 1.28. The smallest absolute Gasteiger partial charge is 0.226 e. The topological polar surface area (TPSA) is 51.0 Å². The molecule has 0 bridgehead atoms. The molecule has 2 aliphatic rings. The van der Waals surface area contributed by atoms with E-state index in [1.54, 1.807) is 11.8 Å². The Labute approximate surface area is 159 Å². The largest absolute Gasteiger partial charge is 0.332 e. The predicted molar refractivity (Wildman–Crippen MR) is 103 cm³/mol.